The van der Waals surface area contributed by atoms with Crippen LogP contribution in [0.5, 0.6) is 0 Å². The highest BCUT2D eigenvalue weighted by atomic mass is 32.2. The van der Waals surface area contributed by atoms with Gasteiger partial charge < -0.3 is 4.90 Å². The van der Waals surface area contributed by atoms with Crippen molar-refractivity contribution in [1.29, 1.82) is 0 Å². The van der Waals surface area contributed by atoms with Gasteiger partial charge in [-0.3, -0.25) is 14.2 Å². The molecule has 0 spiro atoms. The molecule has 0 N–H and O–H groups in total. The number of carbonyl (C=O) groups excluding carboxylic acids is 1. The average Bonchev–Trinajstić information content (AvgIpc) is 3.23. The Morgan fingerprint density at radius 3 is 2.46 bits per heavy atom. The van der Waals surface area contributed by atoms with Gasteiger partial charge in [0.2, 0.25) is 5.91 Å². The quantitative estimate of drug-likeness (QED) is 0.500. The van der Waals surface area contributed by atoms with Crippen LogP contribution in [0, 0.1) is 6.92 Å². The second-order valence-electron chi connectivity index (χ2n) is 7.18. The van der Waals surface area contributed by atoms with Crippen molar-refractivity contribution < 1.29 is 4.79 Å². The van der Waals surface area contributed by atoms with E-state index in [1.165, 1.54) is 11.8 Å². The summed E-state index contributed by atoms with van der Waals surface area (Å²) in [5.74, 6) is 0.111. The van der Waals surface area contributed by atoms with E-state index in [1.54, 1.807) is 10.6 Å². The van der Waals surface area contributed by atoms with E-state index in [0.29, 0.717) is 16.1 Å². The molecule has 0 saturated carbocycles. The third-order valence-corrected chi connectivity index (χ3v) is 6.12. The predicted octanol–water partition coefficient (Wildman–Crippen LogP) is 3.80. The molecule has 0 aliphatic carbocycles. The molecule has 1 saturated heterocycles. The second kappa shape index (κ2) is 7.80. The van der Waals surface area contributed by atoms with Crippen LogP contribution in [0.25, 0.3) is 16.6 Å². The molecular weight excluding hydrogens is 370 g/mol. The first-order valence-electron chi connectivity index (χ1n) is 9.59. The van der Waals surface area contributed by atoms with Gasteiger partial charge in [0.15, 0.2) is 5.16 Å². The van der Waals surface area contributed by atoms with Gasteiger partial charge in [-0.25, -0.2) is 4.98 Å². The first-order valence-corrected chi connectivity index (χ1v) is 10.5. The van der Waals surface area contributed by atoms with Crippen molar-refractivity contribution in [2.24, 2.45) is 0 Å². The molecule has 1 aliphatic heterocycles. The van der Waals surface area contributed by atoms with Crippen molar-refractivity contribution in [3.05, 3.63) is 64.4 Å². The number of carbonyl (C=O) groups is 1. The third kappa shape index (κ3) is 3.56. The number of hydrogen-bond donors (Lipinski definition) is 0. The minimum absolute atomic E-state index is 0.111. The number of amides is 1. The fraction of sp³-hybridized carbons (Fsp3) is 0.318. The van der Waals surface area contributed by atoms with E-state index in [4.69, 9.17) is 4.98 Å². The molecule has 1 amide bonds. The highest BCUT2D eigenvalue weighted by molar-refractivity contribution is 8.00. The number of likely N-dealkylation sites (tertiary alicyclic amines) is 1. The van der Waals surface area contributed by atoms with Crippen LogP contribution in [-0.4, -0.2) is 38.7 Å². The van der Waals surface area contributed by atoms with Gasteiger partial charge in [-0.2, -0.15) is 0 Å². The number of hydrogen-bond acceptors (Lipinski definition) is 4. The van der Waals surface area contributed by atoms with Gasteiger partial charge in [-0.1, -0.05) is 41.6 Å². The van der Waals surface area contributed by atoms with Crippen LogP contribution in [-0.2, 0) is 4.79 Å². The zero-order chi connectivity index (χ0) is 19.7. The maximum Gasteiger partial charge on any atom is 0.266 e. The number of rotatable bonds is 4. The van der Waals surface area contributed by atoms with E-state index in [2.05, 4.69) is 0 Å². The van der Waals surface area contributed by atoms with Crippen LogP contribution >= 0.6 is 11.8 Å². The summed E-state index contributed by atoms with van der Waals surface area (Å²) in [6.45, 7) is 5.54. The minimum atomic E-state index is -0.303. The molecule has 1 fully saturated rings. The molecule has 1 aliphatic rings. The minimum Gasteiger partial charge on any atom is -0.342 e. The second-order valence-corrected chi connectivity index (χ2v) is 8.49. The molecule has 2 heterocycles. The number of benzene rings is 2. The molecule has 1 aromatic heterocycles. The summed E-state index contributed by atoms with van der Waals surface area (Å²) < 4.78 is 1.63. The first kappa shape index (κ1) is 18.7. The maximum absolute atomic E-state index is 13.3. The van der Waals surface area contributed by atoms with E-state index in [9.17, 15) is 9.59 Å². The largest absolute Gasteiger partial charge is 0.342 e. The van der Waals surface area contributed by atoms with Gasteiger partial charge in [-0.05, 0) is 51.0 Å². The molecule has 0 bridgehead atoms. The van der Waals surface area contributed by atoms with Gasteiger partial charge >= 0.3 is 0 Å². The van der Waals surface area contributed by atoms with Crippen LogP contribution in [0.15, 0.2) is 58.5 Å². The van der Waals surface area contributed by atoms with Gasteiger partial charge in [0.1, 0.15) is 0 Å². The lowest BCUT2D eigenvalue weighted by Crippen LogP contribution is -2.34. The summed E-state index contributed by atoms with van der Waals surface area (Å²) in [5, 5.41) is 0.821. The highest BCUT2D eigenvalue weighted by Gasteiger charge is 2.26. The molecule has 6 heteroatoms. The summed E-state index contributed by atoms with van der Waals surface area (Å²) >= 11 is 1.35. The lowest BCUT2D eigenvalue weighted by molar-refractivity contribution is -0.129. The van der Waals surface area contributed by atoms with Crippen molar-refractivity contribution in [3.63, 3.8) is 0 Å². The van der Waals surface area contributed by atoms with Crippen LogP contribution in [0.2, 0.25) is 0 Å². The Kier molecular flexibility index (Phi) is 5.22. The Hall–Kier alpha value is -2.60. The maximum atomic E-state index is 13.3. The molecule has 28 heavy (non-hydrogen) atoms. The molecule has 1 atom stereocenters. The highest BCUT2D eigenvalue weighted by Crippen LogP contribution is 2.27. The summed E-state index contributed by atoms with van der Waals surface area (Å²) in [4.78, 5) is 32.7. The van der Waals surface area contributed by atoms with Gasteiger partial charge in [0.25, 0.3) is 5.56 Å². The van der Waals surface area contributed by atoms with Crippen molar-refractivity contribution >= 4 is 28.6 Å². The van der Waals surface area contributed by atoms with E-state index >= 15 is 0 Å². The Morgan fingerprint density at radius 2 is 1.75 bits per heavy atom. The summed E-state index contributed by atoms with van der Waals surface area (Å²) in [6, 6.07) is 15.1. The molecule has 3 aromatic rings. The van der Waals surface area contributed by atoms with Gasteiger partial charge in [0.05, 0.1) is 21.8 Å². The van der Waals surface area contributed by atoms with Crippen LogP contribution in [0.4, 0.5) is 0 Å². The molecular formula is C22H23N3O2S. The van der Waals surface area contributed by atoms with Crippen LogP contribution in [0.1, 0.15) is 25.3 Å². The van der Waals surface area contributed by atoms with Crippen molar-refractivity contribution in [2.45, 2.75) is 37.1 Å². The monoisotopic (exact) mass is 393 g/mol. The zero-order valence-corrected chi connectivity index (χ0v) is 16.9. The van der Waals surface area contributed by atoms with Gasteiger partial charge in [0, 0.05) is 13.1 Å². The van der Waals surface area contributed by atoms with E-state index in [1.807, 2.05) is 61.2 Å². The fourth-order valence-corrected chi connectivity index (χ4v) is 4.53. The SMILES string of the molecule is Cc1ccc(-n2c(S[C@H](C)C(=O)N3CCCC3)nc3ccccc3c2=O)cc1. The molecule has 0 radical (unpaired) electrons. The summed E-state index contributed by atoms with van der Waals surface area (Å²) in [7, 11) is 0. The topological polar surface area (TPSA) is 55.2 Å². The molecule has 144 valence electrons. The Balaban J connectivity index is 1.79. The summed E-state index contributed by atoms with van der Waals surface area (Å²) in [5.41, 5.74) is 2.42. The number of aromatic nitrogens is 2. The number of nitrogens with zero attached hydrogens (tertiary/aromatic N) is 3. The summed E-state index contributed by atoms with van der Waals surface area (Å²) in [6.07, 6.45) is 2.12. The number of para-hydroxylation sites is 1. The Bertz CT molecular complexity index is 1070. The van der Waals surface area contributed by atoms with Crippen LogP contribution in [0.3, 0.4) is 0 Å². The van der Waals surface area contributed by atoms with Crippen molar-refractivity contribution in [1.82, 2.24) is 14.5 Å². The van der Waals surface area contributed by atoms with Crippen LogP contribution < -0.4 is 5.56 Å². The van der Waals surface area contributed by atoms with Crippen molar-refractivity contribution in [2.75, 3.05) is 13.1 Å². The standard InChI is InChI=1S/C22H23N3O2S/c1-15-9-11-17(12-10-15)25-21(27)18-7-3-4-8-19(18)23-22(25)28-16(2)20(26)24-13-5-6-14-24/h3-4,7-12,16H,5-6,13-14H2,1-2H3/t16-/m1/s1. The molecule has 5 nitrogen and oxygen atoms in total. The normalized spacial score (nSPS) is 15.1. The fourth-order valence-electron chi connectivity index (χ4n) is 3.52. The first-order chi connectivity index (χ1) is 13.5. The number of thioether (sulfide) groups is 1. The number of fused-ring (bicyclic) bond motifs is 1. The zero-order valence-electron chi connectivity index (χ0n) is 16.1. The third-order valence-electron chi connectivity index (χ3n) is 5.08. The smallest absolute Gasteiger partial charge is 0.266 e. The number of aryl methyl sites for hydroxylation is 1. The molecule has 2 aromatic carbocycles. The van der Waals surface area contributed by atoms with E-state index in [0.717, 1.165) is 37.2 Å². The van der Waals surface area contributed by atoms with E-state index in [-0.39, 0.29) is 16.7 Å². The van der Waals surface area contributed by atoms with Crippen molar-refractivity contribution in [3.8, 4) is 5.69 Å². The van der Waals surface area contributed by atoms with E-state index < -0.39 is 0 Å². The Labute approximate surface area is 168 Å². The lowest BCUT2D eigenvalue weighted by Gasteiger charge is -2.21. The molecule has 4 rings (SSSR count). The predicted molar refractivity (Wildman–Crippen MR) is 113 cm³/mol. The molecule has 0 unspecified atom stereocenters. The lowest BCUT2D eigenvalue weighted by atomic mass is 10.2. The Morgan fingerprint density at radius 1 is 1.07 bits per heavy atom. The van der Waals surface area contributed by atoms with Gasteiger partial charge in [-0.15, -0.1) is 0 Å². The average molecular weight is 394 g/mol.